The van der Waals surface area contributed by atoms with Crippen molar-refractivity contribution in [3.8, 4) is 10.7 Å². The van der Waals surface area contributed by atoms with Crippen LogP contribution in [0.2, 0.25) is 0 Å². The lowest BCUT2D eigenvalue weighted by Crippen LogP contribution is -2.30. The quantitative estimate of drug-likeness (QED) is 0.228. The lowest BCUT2D eigenvalue weighted by atomic mass is 10.2. The van der Waals surface area contributed by atoms with E-state index in [1.54, 1.807) is 30.6 Å². The van der Waals surface area contributed by atoms with Gasteiger partial charge in [0, 0.05) is 29.5 Å². The summed E-state index contributed by atoms with van der Waals surface area (Å²) < 4.78 is 65.0. The van der Waals surface area contributed by atoms with Crippen LogP contribution in [-0.2, 0) is 30.9 Å². The third kappa shape index (κ3) is 8.06. The summed E-state index contributed by atoms with van der Waals surface area (Å²) in [5.41, 5.74) is 2.16. The molecule has 222 valence electrons. The van der Waals surface area contributed by atoms with Crippen LogP contribution in [0.1, 0.15) is 18.7 Å². The number of carbonyl (C=O) groups excluding carboxylic acids is 1. The molecule has 0 aliphatic rings. The molecule has 0 bridgehead atoms. The van der Waals surface area contributed by atoms with Gasteiger partial charge in [-0.1, -0.05) is 18.2 Å². The minimum atomic E-state index is -5.08. The van der Waals surface area contributed by atoms with Crippen LogP contribution in [0.5, 0.6) is 0 Å². The molecule has 0 atom stereocenters. The number of aromatic amines is 1. The van der Waals surface area contributed by atoms with E-state index in [4.69, 9.17) is 14.6 Å². The van der Waals surface area contributed by atoms with Gasteiger partial charge in [-0.2, -0.15) is 13.2 Å². The minimum Gasteiger partial charge on any atom is -0.475 e. The summed E-state index contributed by atoms with van der Waals surface area (Å²) >= 11 is 2.74. The van der Waals surface area contributed by atoms with Gasteiger partial charge in [0.05, 0.1) is 30.0 Å². The van der Waals surface area contributed by atoms with Crippen LogP contribution < -0.4 is 4.31 Å². The fraction of sp³-hybridized carbons (Fsp3) is 0.320. The van der Waals surface area contributed by atoms with Crippen LogP contribution in [0.4, 0.5) is 18.9 Å². The van der Waals surface area contributed by atoms with E-state index in [9.17, 15) is 26.4 Å². The SMILES string of the molecule is CCOC(=O)CN(C)Cc1cnc(-c2cc3cccc(N(CC)S(=O)(=O)c4cccs4)c3[nH]2)s1.O=C(O)C(F)(F)F. The highest BCUT2D eigenvalue weighted by molar-refractivity contribution is 7.94. The first-order valence-electron chi connectivity index (χ1n) is 12.0. The van der Waals surface area contributed by atoms with Crippen LogP contribution >= 0.6 is 22.7 Å². The van der Waals surface area contributed by atoms with Crippen molar-refractivity contribution < 1.29 is 41.0 Å². The molecule has 3 heterocycles. The number of fused-ring (bicyclic) bond motifs is 1. The van der Waals surface area contributed by atoms with Crippen molar-refractivity contribution in [3.05, 3.63) is 52.9 Å². The maximum atomic E-state index is 13.2. The van der Waals surface area contributed by atoms with E-state index >= 15 is 0 Å². The molecule has 0 spiro atoms. The maximum absolute atomic E-state index is 13.2. The molecule has 0 fully saturated rings. The number of carboxylic acids is 1. The van der Waals surface area contributed by atoms with E-state index in [2.05, 4.69) is 9.97 Å². The molecule has 0 aliphatic heterocycles. The number of alkyl halides is 3. The van der Waals surface area contributed by atoms with Gasteiger partial charge in [-0.15, -0.1) is 22.7 Å². The second-order valence-electron chi connectivity index (χ2n) is 8.44. The fourth-order valence-corrected chi connectivity index (χ4v) is 7.26. The molecule has 0 saturated carbocycles. The predicted molar refractivity (Wildman–Crippen MR) is 151 cm³/mol. The fourth-order valence-electron chi connectivity index (χ4n) is 3.71. The molecule has 0 aliphatic carbocycles. The van der Waals surface area contributed by atoms with Crippen molar-refractivity contribution in [2.45, 2.75) is 30.8 Å². The van der Waals surface area contributed by atoms with Gasteiger partial charge in [-0.25, -0.2) is 18.2 Å². The molecular weight excluding hydrogens is 605 g/mol. The highest BCUT2D eigenvalue weighted by atomic mass is 32.2. The number of thiazole rings is 1. The predicted octanol–water partition coefficient (Wildman–Crippen LogP) is 5.20. The van der Waals surface area contributed by atoms with Crippen LogP contribution in [0.25, 0.3) is 21.6 Å². The summed E-state index contributed by atoms with van der Waals surface area (Å²) in [5.74, 6) is -3.01. The summed E-state index contributed by atoms with van der Waals surface area (Å²) in [6, 6.07) is 11.0. The third-order valence-electron chi connectivity index (χ3n) is 5.39. The molecule has 41 heavy (non-hydrogen) atoms. The van der Waals surface area contributed by atoms with Gasteiger partial charge in [0.1, 0.15) is 9.22 Å². The molecule has 3 aromatic heterocycles. The van der Waals surface area contributed by atoms with Crippen molar-refractivity contribution in [1.29, 1.82) is 0 Å². The third-order valence-corrected chi connectivity index (χ3v) is 9.66. The van der Waals surface area contributed by atoms with Gasteiger partial charge in [-0.05, 0) is 44.5 Å². The highest BCUT2D eigenvalue weighted by Crippen LogP contribution is 2.35. The van der Waals surface area contributed by atoms with Crippen LogP contribution in [0.15, 0.2) is 52.2 Å². The van der Waals surface area contributed by atoms with Gasteiger partial charge >= 0.3 is 18.1 Å². The number of hydrogen-bond donors (Lipinski definition) is 2. The number of aliphatic carboxylic acids is 1. The molecule has 1 aromatic carbocycles. The summed E-state index contributed by atoms with van der Waals surface area (Å²) in [5, 5.41) is 10.6. The van der Waals surface area contributed by atoms with E-state index in [1.807, 2.05) is 43.1 Å². The van der Waals surface area contributed by atoms with Crippen molar-refractivity contribution in [2.24, 2.45) is 0 Å². The van der Waals surface area contributed by atoms with Gasteiger partial charge in [0.2, 0.25) is 0 Å². The number of carbonyl (C=O) groups is 2. The Kier molecular flexibility index (Phi) is 10.5. The average molecular weight is 633 g/mol. The molecule has 2 N–H and O–H groups in total. The maximum Gasteiger partial charge on any atom is 0.490 e. The van der Waals surface area contributed by atoms with E-state index < -0.39 is 22.2 Å². The van der Waals surface area contributed by atoms with Crippen molar-refractivity contribution >= 4 is 61.2 Å². The van der Waals surface area contributed by atoms with Crippen molar-refractivity contribution in [1.82, 2.24) is 14.9 Å². The first-order chi connectivity index (χ1) is 19.3. The first kappa shape index (κ1) is 32.0. The Hall–Kier alpha value is -3.47. The first-order valence-corrected chi connectivity index (χ1v) is 15.2. The monoisotopic (exact) mass is 632 g/mol. The molecule has 0 unspecified atom stereocenters. The number of aromatic nitrogens is 2. The number of benzene rings is 1. The molecule has 4 rings (SSSR count). The number of carboxylic acid groups (broad SMARTS) is 1. The lowest BCUT2D eigenvalue weighted by molar-refractivity contribution is -0.192. The summed E-state index contributed by atoms with van der Waals surface area (Å²) in [7, 11) is -1.80. The number of halogens is 3. The Morgan fingerprint density at radius 1 is 1.17 bits per heavy atom. The molecule has 0 saturated heterocycles. The zero-order chi connectivity index (χ0) is 30.4. The van der Waals surface area contributed by atoms with E-state index in [1.165, 1.54) is 27.0 Å². The standard InChI is InChI=1S/C23H26N4O4S3.C2HF3O2/c1-4-27(34(29,30)21-10-7-11-32-21)19-9-6-8-16-12-18(25-22(16)19)23-24-13-17(33-23)14-26(3)15-20(28)31-5-2;3-2(4,5)1(6)7/h6-13,25H,4-5,14-15H2,1-3H3;(H,6,7). The number of sulfonamides is 1. The summed E-state index contributed by atoms with van der Waals surface area (Å²) in [6.07, 6.45) is -3.28. The number of nitrogens with zero attached hydrogens (tertiary/aromatic N) is 3. The summed E-state index contributed by atoms with van der Waals surface area (Å²) in [6.45, 7) is 5.07. The molecular formula is C25H27F3N4O6S3. The Bertz CT molecular complexity index is 1580. The van der Waals surface area contributed by atoms with Crippen molar-refractivity contribution in [2.75, 3.05) is 31.0 Å². The normalized spacial score (nSPS) is 11.8. The number of ether oxygens (including phenoxy) is 1. The van der Waals surface area contributed by atoms with Crippen LogP contribution in [0, 0.1) is 0 Å². The molecule has 0 radical (unpaired) electrons. The molecule has 4 aromatic rings. The largest absolute Gasteiger partial charge is 0.490 e. The van der Waals surface area contributed by atoms with Gasteiger partial charge < -0.3 is 14.8 Å². The van der Waals surface area contributed by atoms with Crippen LogP contribution in [-0.4, -0.2) is 73.3 Å². The van der Waals surface area contributed by atoms with Gasteiger partial charge in [0.25, 0.3) is 10.0 Å². The lowest BCUT2D eigenvalue weighted by Gasteiger charge is -2.22. The van der Waals surface area contributed by atoms with Gasteiger partial charge in [0.15, 0.2) is 0 Å². The van der Waals surface area contributed by atoms with E-state index in [0.29, 0.717) is 29.6 Å². The number of likely N-dealkylation sites (N-methyl/N-ethyl adjacent to an activating group) is 1. The molecule has 16 heteroatoms. The number of nitrogens with one attached hydrogen (secondary N) is 1. The van der Waals surface area contributed by atoms with E-state index in [0.717, 1.165) is 26.5 Å². The Morgan fingerprint density at radius 2 is 1.88 bits per heavy atom. The zero-order valence-electron chi connectivity index (χ0n) is 22.1. The second-order valence-corrected chi connectivity index (χ2v) is 12.6. The zero-order valence-corrected chi connectivity index (χ0v) is 24.6. The van der Waals surface area contributed by atoms with Crippen molar-refractivity contribution in [3.63, 3.8) is 0 Å². The highest BCUT2D eigenvalue weighted by Gasteiger charge is 2.38. The summed E-state index contributed by atoms with van der Waals surface area (Å²) in [4.78, 5) is 31.4. The molecule has 10 nitrogen and oxygen atoms in total. The number of thiophene rings is 1. The smallest absolute Gasteiger partial charge is 0.475 e. The number of esters is 1. The Labute approximate surface area is 242 Å². The minimum absolute atomic E-state index is 0.211. The number of H-pyrrole nitrogens is 1. The Morgan fingerprint density at radius 3 is 2.46 bits per heavy atom. The number of anilines is 1. The number of rotatable bonds is 10. The van der Waals surface area contributed by atoms with Gasteiger partial charge in [-0.3, -0.25) is 14.0 Å². The topological polar surface area (TPSA) is 133 Å². The average Bonchev–Trinajstić information content (AvgIpc) is 3.65. The van der Waals surface area contributed by atoms with Crippen LogP contribution in [0.3, 0.4) is 0 Å². The number of para-hydroxylation sites is 1. The second kappa shape index (κ2) is 13.5. The number of hydrogen-bond acceptors (Lipinski definition) is 9. The molecule has 0 amide bonds. The van der Waals surface area contributed by atoms with E-state index in [-0.39, 0.29) is 12.5 Å². The Balaban J connectivity index is 0.000000587.